The standard InChI is InChI=1S/C11H18N2O4/c1-11(2-3-12-6-11)10(16)13-8-5-17-4-7(8)9(14)15/h7-8,12H,2-6H2,1H3,(H,13,16)(H,14,15). The smallest absolute Gasteiger partial charge is 0.311 e. The number of amides is 1. The summed E-state index contributed by atoms with van der Waals surface area (Å²) in [6.45, 7) is 3.83. The first-order valence-electron chi connectivity index (χ1n) is 5.85. The first-order valence-corrected chi connectivity index (χ1v) is 5.85. The normalized spacial score (nSPS) is 37.0. The summed E-state index contributed by atoms with van der Waals surface area (Å²) in [4.78, 5) is 23.0. The van der Waals surface area contributed by atoms with Crippen LogP contribution < -0.4 is 10.6 Å². The van der Waals surface area contributed by atoms with E-state index in [1.54, 1.807) is 0 Å². The quantitative estimate of drug-likeness (QED) is 0.603. The molecule has 2 aliphatic heterocycles. The van der Waals surface area contributed by atoms with Crippen molar-refractivity contribution >= 4 is 11.9 Å². The summed E-state index contributed by atoms with van der Waals surface area (Å²) in [7, 11) is 0. The minimum Gasteiger partial charge on any atom is -0.481 e. The van der Waals surface area contributed by atoms with Crippen LogP contribution in [0, 0.1) is 11.3 Å². The van der Waals surface area contributed by atoms with Crippen LogP contribution in [-0.4, -0.2) is 49.3 Å². The molecule has 2 saturated heterocycles. The first-order chi connectivity index (χ1) is 8.03. The van der Waals surface area contributed by atoms with Crippen molar-refractivity contribution in [3.63, 3.8) is 0 Å². The van der Waals surface area contributed by atoms with E-state index in [0.717, 1.165) is 13.0 Å². The van der Waals surface area contributed by atoms with Gasteiger partial charge in [-0.15, -0.1) is 0 Å². The molecule has 96 valence electrons. The Bertz CT molecular complexity index is 325. The van der Waals surface area contributed by atoms with E-state index in [4.69, 9.17) is 9.84 Å². The number of carboxylic acid groups (broad SMARTS) is 1. The van der Waals surface area contributed by atoms with Crippen LogP contribution in [0.1, 0.15) is 13.3 Å². The van der Waals surface area contributed by atoms with Crippen molar-refractivity contribution in [1.82, 2.24) is 10.6 Å². The fraction of sp³-hybridized carbons (Fsp3) is 0.818. The molecule has 6 heteroatoms. The molecule has 17 heavy (non-hydrogen) atoms. The van der Waals surface area contributed by atoms with E-state index in [0.29, 0.717) is 6.54 Å². The van der Waals surface area contributed by atoms with Crippen LogP contribution in [0.5, 0.6) is 0 Å². The van der Waals surface area contributed by atoms with E-state index in [9.17, 15) is 9.59 Å². The SMILES string of the molecule is CC1(C(=O)NC2COCC2C(=O)O)CCNC1. The Labute approximate surface area is 99.7 Å². The van der Waals surface area contributed by atoms with Gasteiger partial charge in [-0.25, -0.2) is 0 Å². The highest BCUT2D eigenvalue weighted by molar-refractivity contribution is 5.84. The summed E-state index contributed by atoms with van der Waals surface area (Å²) < 4.78 is 5.12. The van der Waals surface area contributed by atoms with E-state index >= 15 is 0 Å². The number of carbonyl (C=O) groups is 2. The first kappa shape index (κ1) is 12.3. The Hall–Kier alpha value is -1.14. The van der Waals surface area contributed by atoms with Crippen LogP contribution in [-0.2, 0) is 14.3 Å². The zero-order valence-corrected chi connectivity index (χ0v) is 9.86. The number of nitrogens with one attached hydrogen (secondary N) is 2. The molecule has 3 N–H and O–H groups in total. The number of rotatable bonds is 3. The van der Waals surface area contributed by atoms with E-state index in [1.807, 2.05) is 6.92 Å². The van der Waals surface area contributed by atoms with Gasteiger partial charge in [0.15, 0.2) is 0 Å². The lowest BCUT2D eigenvalue weighted by atomic mass is 9.88. The summed E-state index contributed by atoms with van der Waals surface area (Å²) in [5.74, 6) is -1.62. The van der Waals surface area contributed by atoms with Gasteiger partial charge in [0.05, 0.1) is 24.7 Å². The minimum atomic E-state index is -0.914. The van der Waals surface area contributed by atoms with Crippen molar-refractivity contribution in [2.75, 3.05) is 26.3 Å². The number of ether oxygens (including phenoxy) is 1. The summed E-state index contributed by atoms with van der Waals surface area (Å²) in [6, 6.07) is -0.405. The lowest BCUT2D eigenvalue weighted by Crippen LogP contribution is -2.49. The largest absolute Gasteiger partial charge is 0.481 e. The second-order valence-electron chi connectivity index (χ2n) is 5.05. The van der Waals surface area contributed by atoms with E-state index in [1.165, 1.54) is 0 Å². The van der Waals surface area contributed by atoms with Gasteiger partial charge in [-0.1, -0.05) is 0 Å². The molecule has 0 aliphatic carbocycles. The third-order valence-electron chi connectivity index (χ3n) is 3.63. The van der Waals surface area contributed by atoms with Crippen LogP contribution in [0.2, 0.25) is 0 Å². The van der Waals surface area contributed by atoms with Crippen molar-refractivity contribution < 1.29 is 19.4 Å². The average Bonchev–Trinajstić information content (AvgIpc) is 2.87. The second-order valence-corrected chi connectivity index (χ2v) is 5.05. The predicted octanol–water partition coefficient (Wildman–Crippen LogP) is -0.798. The van der Waals surface area contributed by atoms with Crippen LogP contribution in [0.25, 0.3) is 0 Å². The average molecular weight is 242 g/mol. The van der Waals surface area contributed by atoms with Gasteiger partial charge >= 0.3 is 5.97 Å². The molecule has 3 atom stereocenters. The third-order valence-corrected chi connectivity index (χ3v) is 3.63. The number of aliphatic carboxylic acids is 1. The molecular formula is C11H18N2O4. The molecule has 2 heterocycles. The van der Waals surface area contributed by atoms with Gasteiger partial charge in [0.25, 0.3) is 0 Å². The topological polar surface area (TPSA) is 87.7 Å². The van der Waals surface area contributed by atoms with Gasteiger partial charge in [-0.2, -0.15) is 0 Å². The molecule has 1 amide bonds. The van der Waals surface area contributed by atoms with Gasteiger partial charge in [0, 0.05) is 6.54 Å². The van der Waals surface area contributed by atoms with Gasteiger partial charge in [-0.05, 0) is 19.9 Å². The number of carbonyl (C=O) groups excluding carboxylic acids is 1. The predicted molar refractivity (Wildman–Crippen MR) is 59.5 cm³/mol. The van der Waals surface area contributed by atoms with Gasteiger partial charge in [-0.3, -0.25) is 9.59 Å². The third kappa shape index (κ3) is 2.42. The van der Waals surface area contributed by atoms with Crippen LogP contribution in [0.4, 0.5) is 0 Å². The molecule has 0 aromatic rings. The zero-order chi connectivity index (χ0) is 12.5. The summed E-state index contributed by atoms with van der Waals surface area (Å²) in [5, 5.41) is 14.9. The highest BCUT2D eigenvalue weighted by Crippen LogP contribution is 2.25. The monoisotopic (exact) mass is 242 g/mol. The molecule has 0 bridgehead atoms. The maximum atomic E-state index is 12.1. The molecule has 2 aliphatic rings. The summed E-state index contributed by atoms with van der Waals surface area (Å²) >= 11 is 0. The highest BCUT2D eigenvalue weighted by Gasteiger charge is 2.41. The molecule has 0 aromatic heterocycles. The van der Waals surface area contributed by atoms with Crippen molar-refractivity contribution in [3.05, 3.63) is 0 Å². The zero-order valence-electron chi connectivity index (χ0n) is 9.86. The number of hydrogen-bond donors (Lipinski definition) is 3. The second kappa shape index (κ2) is 4.62. The Kier molecular flexibility index (Phi) is 3.35. The van der Waals surface area contributed by atoms with Gasteiger partial charge < -0.3 is 20.5 Å². The van der Waals surface area contributed by atoms with E-state index < -0.39 is 23.3 Å². The van der Waals surface area contributed by atoms with Crippen LogP contribution in [0.15, 0.2) is 0 Å². The molecule has 2 rings (SSSR count). The maximum absolute atomic E-state index is 12.1. The van der Waals surface area contributed by atoms with Crippen molar-refractivity contribution in [1.29, 1.82) is 0 Å². The highest BCUT2D eigenvalue weighted by atomic mass is 16.5. The van der Waals surface area contributed by atoms with Crippen LogP contribution >= 0.6 is 0 Å². The minimum absolute atomic E-state index is 0.0794. The van der Waals surface area contributed by atoms with Crippen LogP contribution in [0.3, 0.4) is 0 Å². The number of hydrogen-bond acceptors (Lipinski definition) is 4. The lowest BCUT2D eigenvalue weighted by Gasteiger charge is -2.25. The fourth-order valence-corrected chi connectivity index (χ4v) is 2.29. The summed E-state index contributed by atoms with van der Waals surface area (Å²) in [6.07, 6.45) is 0.782. The van der Waals surface area contributed by atoms with E-state index in [2.05, 4.69) is 10.6 Å². The fourth-order valence-electron chi connectivity index (χ4n) is 2.29. The van der Waals surface area contributed by atoms with Gasteiger partial charge in [0.1, 0.15) is 5.92 Å². The Morgan fingerprint density at radius 1 is 1.47 bits per heavy atom. The molecule has 2 fully saturated rings. The lowest BCUT2D eigenvalue weighted by molar-refractivity contribution is -0.142. The number of carboxylic acids is 1. The van der Waals surface area contributed by atoms with Crippen molar-refractivity contribution in [2.24, 2.45) is 11.3 Å². The Morgan fingerprint density at radius 2 is 2.24 bits per heavy atom. The van der Waals surface area contributed by atoms with E-state index in [-0.39, 0.29) is 19.1 Å². The molecule has 0 spiro atoms. The molecule has 6 nitrogen and oxygen atoms in total. The molecule has 3 unspecified atom stereocenters. The Morgan fingerprint density at radius 3 is 2.82 bits per heavy atom. The molecule has 0 saturated carbocycles. The van der Waals surface area contributed by atoms with Gasteiger partial charge in [0.2, 0.25) is 5.91 Å². The maximum Gasteiger partial charge on any atom is 0.311 e. The van der Waals surface area contributed by atoms with Crippen molar-refractivity contribution in [3.8, 4) is 0 Å². The molecule has 0 radical (unpaired) electrons. The van der Waals surface area contributed by atoms with Crippen molar-refractivity contribution in [2.45, 2.75) is 19.4 Å². The molecule has 0 aromatic carbocycles. The summed E-state index contributed by atoms with van der Waals surface area (Å²) in [5.41, 5.74) is -0.425. The molecular weight excluding hydrogens is 224 g/mol. The Balaban J connectivity index is 1.96.